The first-order valence-electron chi connectivity index (χ1n) is 10.3. The van der Waals surface area contributed by atoms with E-state index >= 15 is 0 Å². The zero-order valence-corrected chi connectivity index (χ0v) is 17.8. The third-order valence-electron chi connectivity index (χ3n) is 4.71. The van der Waals surface area contributed by atoms with Crippen LogP contribution in [0.15, 0.2) is 48.5 Å². The Labute approximate surface area is 182 Å². The maximum atomic E-state index is 12.6. The quantitative estimate of drug-likeness (QED) is 0.634. The van der Waals surface area contributed by atoms with Gasteiger partial charge in [-0.25, -0.2) is 0 Å². The predicted molar refractivity (Wildman–Crippen MR) is 119 cm³/mol. The van der Waals surface area contributed by atoms with E-state index in [2.05, 4.69) is 16.0 Å². The Hall–Kier alpha value is -3.39. The molecule has 1 fully saturated rings. The minimum atomic E-state index is -0.232. The van der Waals surface area contributed by atoms with Gasteiger partial charge in [-0.2, -0.15) is 0 Å². The fourth-order valence-corrected chi connectivity index (χ4v) is 3.15. The van der Waals surface area contributed by atoms with Gasteiger partial charge in [0.05, 0.1) is 19.8 Å². The smallest absolute Gasteiger partial charge is 0.254 e. The lowest BCUT2D eigenvalue weighted by molar-refractivity contribution is -0.114. The molecular weight excluding hydrogens is 396 g/mol. The second-order valence-electron chi connectivity index (χ2n) is 7.59. The first-order valence-corrected chi connectivity index (χ1v) is 10.3. The van der Waals surface area contributed by atoms with Crippen LogP contribution in [0.5, 0.6) is 0 Å². The van der Waals surface area contributed by atoms with Gasteiger partial charge in [0, 0.05) is 41.6 Å². The molecule has 0 aromatic heterocycles. The second kappa shape index (κ2) is 10.6. The monoisotopic (exact) mass is 424 g/mol. The number of nitrogens with one attached hydrogen (secondary N) is 3. The van der Waals surface area contributed by atoms with Crippen molar-refractivity contribution in [3.05, 3.63) is 59.7 Å². The highest BCUT2D eigenvalue weighted by Gasteiger charge is 2.18. The van der Waals surface area contributed by atoms with Crippen molar-refractivity contribution in [3.63, 3.8) is 0 Å². The van der Waals surface area contributed by atoms with Crippen molar-refractivity contribution in [1.29, 1.82) is 0 Å². The molecule has 2 aromatic carbocycles. The van der Waals surface area contributed by atoms with Gasteiger partial charge in [-0.05, 0) is 56.3 Å². The van der Waals surface area contributed by atoms with Crippen LogP contribution < -0.4 is 16.0 Å². The molecule has 2 aromatic rings. The zero-order valence-electron chi connectivity index (χ0n) is 17.8. The van der Waals surface area contributed by atoms with Gasteiger partial charge in [0.1, 0.15) is 0 Å². The molecule has 3 amide bonds. The van der Waals surface area contributed by atoms with Crippen LogP contribution in [0.4, 0.5) is 11.4 Å². The number of carbonyl (C=O) groups excluding carboxylic acids is 3. The average Bonchev–Trinajstić information content (AvgIpc) is 2.78. The number of rotatable bonds is 7. The van der Waals surface area contributed by atoms with Crippen LogP contribution in [-0.2, 0) is 9.53 Å². The molecule has 164 valence electrons. The fraction of sp³-hybridized carbons (Fsp3) is 0.348. The highest BCUT2D eigenvalue weighted by molar-refractivity contribution is 5.97. The van der Waals surface area contributed by atoms with Gasteiger partial charge in [-0.15, -0.1) is 0 Å². The number of hydrogen-bond acceptors (Lipinski definition) is 5. The highest BCUT2D eigenvalue weighted by Crippen LogP contribution is 2.14. The number of amides is 3. The zero-order chi connectivity index (χ0) is 22.2. The van der Waals surface area contributed by atoms with E-state index in [1.807, 2.05) is 19.9 Å². The number of hydrogen-bond donors (Lipinski definition) is 3. The molecule has 0 radical (unpaired) electrons. The Morgan fingerprint density at radius 2 is 1.68 bits per heavy atom. The summed E-state index contributed by atoms with van der Waals surface area (Å²) in [5.41, 5.74) is 2.40. The fourth-order valence-electron chi connectivity index (χ4n) is 3.15. The Balaban J connectivity index is 1.51. The summed E-state index contributed by atoms with van der Waals surface area (Å²) in [6.45, 7) is 6.10. The lowest BCUT2D eigenvalue weighted by atomic mass is 10.1. The van der Waals surface area contributed by atoms with Crippen molar-refractivity contribution in [2.24, 2.45) is 0 Å². The van der Waals surface area contributed by atoms with Crippen LogP contribution in [0, 0.1) is 0 Å². The van der Waals surface area contributed by atoms with Crippen LogP contribution in [0.25, 0.3) is 0 Å². The summed E-state index contributed by atoms with van der Waals surface area (Å²) in [5, 5.41) is 8.65. The SMILES string of the molecule is CC(C)NC(=O)c1ccc(NC(=O)CNc2cccc(C(=O)N3CCOCC3)c2)cc1. The Morgan fingerprint density at radius 1 is 0.968 bits per heavy atom. The molecule has 8 heteroatoms. The average molecular weight is 425 g/mol. The van der Waals surface area contributed by atoms with E-state index in [-0.39, 0.29) is 30.3 Å². The first-order chi connectivity index (χ1) is 14.9. The normalized spacial score (nSPS) is 13.6. The van der Waals surface area contributed by atoms with Gasteiger partial charge in [0.25, 0.3) is 11.8 Å². The van der Waals surface area contributed by atoms with Gasteiger partial charge < -0.3 is 25.6 Å². The van der Waals surface area contributed by atoms with Crippen molar-refractivity contribution in [2.45, 2.75) is 19.9 Å². The molecule has 1 heterocycles. The van der Waals surface area contributed by atoms with Gasteiger partial charge >= 0.3 is 0 Å². The van der Waals surface area contributed by atoms with Crippen LogP contribution in [0.3, 0.4) is 0 Å². The maximum Gasteiger partial charge on any atom is 0.254 e. The Bertz CT molecular complexity index is 921. The first kappa shape index (κ1) is 22.3. The molecular formula is C23H28N4O4. The summed E-state index contributed by atoms with van der Waals surface area (Å²) >= 11 is 0. The summed E-state index contributed by atoms with van der Waals surface area (Å²) in [6, 6.07) is 13.9. The Morgan fingerprint density at radius 3 is 2.35 bits per heavy atom. The van der Waals surface area contributed by atoms with Crippen LogP contribution >= 0.6 is 0 Å². The van der Waals surface area contributed by atoms with E-state index in [9.17, 15) is 14.4 Å². The number of carbonyl (C=O) groups is 3. The number of nitrogens with zero attached hydrogens (tertiary/aromatic N) is 1. The molecule has 0 bridgehead atoms. The predicted octanol–water partition coefficient (Wildman–Crippen LogP) is 2.35. The third kappa shape index (κ3) is 6.55. The topological polar surface area (TPSA) is 99.8 Å². The molecule has 0 saturated carbocycles. The van der Waals surface area contributed by atoms with Gasteiger partial charge in [0.15, 0.2) is 0 Å². The molecule has 0 atom stereocenters. The molecule has 0 unspecified atom stereocenters. The molecule has 1 aliphatic heterocycles. The van der Waals surface area contributed by atoms with E-state index in [1.54, 1.807) is 47.4 Å². The maximum absolute atomic E-state index is 12.6. The number of morpholine rings is 1. The lowest BCUT2D eigenvalue weighted by Crippen LogP contribution is -2.40. The summed E-state index contributed by atoms with van der Waals surface area (Å²) in [5.74, 6) is -0.427. The molecule has 1 aliphatic rings. The molecule has 0 spiro atoms. The summed E-state index contributed by atoms with van der Waals surface area (Å²) < 4.78 is 5.29. The largest absolute Gasteiger partial charge is 0.378 e. The molecule has 3 N–H and O–H groups in total. The van der Waals surface area contributed by atoms with Gasteiger partial charge in [0.2, 0.25) is 5.91 Å². The molecule has 8 nitrogen and oxygen atoms in total. The molecule has 1 saturated heterocycles. The van der Waals surface area contributed by atoms with Crippen molar-refractivity contribution in [3.8, 4) is 0 Å². The molecule has 31 heavy (non-hydrogen) atoms. The van der Waals surface area contributed by atoms with Crippen molar-refractivity contribution in [2.75, 3.05) is 43.5 Å². The lowest BCUT2D eigenvalue weighted by Gasteiger charge is -2.27. The minimum absolute atomic E-state index is 0.0435. The highest BCUT2D eigenvalue weighted by atomic mass is 16.5. The summed E-state index contributed by atoms with van der Waals surface area (Å²) in [6.07, 6.45) is 0. The summed E-state index contributed by atoms with van der Waals surface area (Å²) in [4.78, 5) is 38.6. The van der Waals surface area contributed by atoms with Gasteiger partial charge in [-0.3, -0.25) is 14.4 Å². The van der Waals surface area contributed by atoms with Crippen molar-refractivity contribution in [1.82, 2.24) is 10.2 Å². The molecule has 3 rings (SSSR count). The minimum Gasteiger partial charge on any atom is -0.378 e. The van der Waals surface area contributed by atoms with Crippen LogP contribution in [0.1, 0.15) is 34.6 Å². The van der Waals surface area contributed by atoms with Crippen LogP contribution in [-0.4, -0.2) is 61.5 Å². The van der Waals surface area contributed by atoms with E-state index in [0.717, 1.165) is 0 Å². The van der Waals surface area contributed by atoms with E-state index in [0.29, 0.717) is 48.8 Å². The number of benzene rings is 2. The Kier molecular flexibility index (Phi) is 7.61. The molecule has 0 aliphatic carbocycles. The van der Waals surface area contributed by atoms with Crippen molar-refractivity contribution < 1.29 is 19.1 Å². The summed E-state index contributed by atoms with van der Waals surface area (Å²) in [7, 11) is 0. The standard InChI is InChI=1S/C23H28N4O4/c1-16(2)25-22(29)17-6-8-19(9-7-17)26-21(28)15-24-20-5-3-4-18(14-20)23(30)27-10-12-31-13-11-27/h3-9,14,16,24H,10-13,15H2,1-2H3,(H,25,29)(H,26,28). The second-order valence-corrected chi connectivity index (χ2v) is 7.59. The van der Waals surface area contributed by atoms with Crippen molar-refractivity contribution >= 4 is 29.1 Å². The van der Waals surface area contributed by atoms with E-state index < -0.39 is 0 Å². The number of ether oxygens (including phenoxy) is 1. The van der Waals surface area contributed by atoms with E-state index in [1.165, 1.54) is 0 Å². The number of anilines is 2. The van der Waals surface area contributed by atoms with Gasteiger partial charge in [-0.1, -0.05) is 6.07 Å². The third-order valence-corrected chi connectivity index (χ3v) is 4.71. The van der Waals surface area contributed by atoms with Crippen LogP contribution in [0.2, 0.25) is 0 Å². The van der Waals surface area contributed by atoms with E-state index in [4.69, 9.17) is 4.74 Å².